The molecule has 0 saturated heterocycles. The minimum Gasteiger partial charge on any atom is -0.337 e. The van der Waals surface area contributed by atoms with Gasteiger partial charge in [-0.3, -0.25) is 9.48 Å². The molecule has 0 N–H and O–H groups in total. The Labute approximate surface area is 127 Å². The Morgan fingerprint density at radius 3 is 2.95 bits per heavy atom. The average Bonchev–Trinajstić information content (AvgIpc) is 3.17. The fourth-order valence-corrected chi connectivity index (χ4v) is 3.31. The van der Waals surface area contributed by atoms with Crippen LogP contribution in [-0.4, -0.2) is 33.7 Å². The van der Waals surface area contributed by atoms with Gasteiger partial charge in [-0.2, -0.15) is 5.10 Å². The fraction of sp³-hybridized carbons (Fsp3) is 0.250. The first kappa shape index (κ1) is 13.8. The summed E-state index contributed by atoms with van der Waals surface area (Å²) in [4.78, 5) is 14.6. The predicted molar refractivity (Wildman–Crippen MR) is 85.6 cm³/mol. The minimum atomic E-state index is 0.0992. The van der Waals surface area contributed by atoms with Crippen molar-refractivity contribution in [3.05, 3.63) is 53.7 Å². The summed E-state index contributed by atoms with van der Waals surface area (Å²) in [6.45, 7) is 4.09. The Balaban J connectivity index is 1.78. The molecule has 0 unspecified atom stereocenters. The van der Waals surface area contributed by atoms with Crippen LogP contribution >= 0.6 is 11.3 Å². The molecule has 0 bridgehead atoms. The summed E-state index contributed by atoms with van der Waals surface area (Å²) in [5, 5.41) is 7.18. The van der Waals surface area contributed by atoms with E-state index in [1.54, 1.807) is 17.5 Å². The van der Waals surface area contributed by atoms with Gasteiger partial charge in [0.15, 0.2) is 0 Å². The fourth-order valence-electron chi connectivity index (χ4n) is 2.37. The summed E-state index contributed by atoms with van der Waals surface area (Å²) in [7, 11) is 0. The SMILES string of the molecule is CCN(CCn1cccn1)C(=O)c1csc2ccccc12. The lowest BCUT2D eigenvalue weighted by Gasteiger charge is -2.20. The molecule has 2 heterocycles. The van der Waals surface area contributed by atoms with Gasteiger partial charge in [-0.1, -0.05) is 18.2 Å². The maximum Gasteiger partial charge on any atom is 0.255 e. The van der Waals surface area contributed by atoms with Crippen molar-refractivity contribution in [3.63, 3.8) is 0 Å². The zero-order valence-electron chi connectivity index (χ0n) is 11.9. The molecule has 108 valence electrons. The van der Waals surface area contributed by atoms with Crippen molar-refractivity contribution in [1.29, 1.82) is 0 Å². The van der Waals surface area contributed by atoms with E-state index in [1.807, 2.05) is 52.3 Å². The molecule has 1 amide bonds. The van der Waals surface area contributed by atoms with E-state index in [4.69, 9.17) is 0 Å². The zero-order chi connectivity index (χ0) is 14.7. The summed E-state index contributed by atoms with van der Waals surface area (Å²) in [6.07, 6.45) is 3.67. The molecule has 5 heteroatoms. The normalized spacial score (nSPS) is 10.9. The lowest BCUT2D eigenvalue weighted by atomic mass is 10.1. The monoisotopic (exact) mass is 299 g/mol. The second kappa shape index (κ2) is 6.10. The number of benzene rings is 1. The van der Waals surface area contributed by atoms with Crippen molar-refractivity contribution in [1.82, 2.24) is 14.7 Å². The molecule has 21 heavy (non-hydrogen) atoms. The van der Waals surface area contributed by atoms with E-state index in [0.717, 1.165) is 15.6 Å². The van der Waals surface area contributed by atoms with Crippen LogP contribution in [0.2, 0.25) is 0 Å². The number of fused-ring (bicyclic) bond motifs is 1. The number of thiophene rings is 1. The van der Waals surface area contributed by atoms with Gasteiger partial charge >= 0.3 is 0 Å². The van der Waals surface area contributed by atoms with E-state index in [9.17, 15) is 4.79 Å². The largest absolute Gasteiger partial charge is 0.337 e. The lowest BCUT2D eigenvalue weighted by molar-refractivity contribution is 0.0760. The number of rotatable bonds is 5. The first-order valence-corrected chi connectivity index (χ1v) is 7.90. The molecule has 2 aromatic heterocycles. The number of nitrogens with zero attached hydrogens (tertiary/aromatic N) is 3. The summed E-state index contributed by atoms with van der Waals surface area (Å²) < 4.78 is 3.01. The molecular formula is C16H17N3OS. The Hall–Kier alpha value is -2.14. The number of carbonyl (C=O) groups excluding carboxylic acids is 1. The van der Waals surface area contributed by atoms with Gasteiger partial charge in [0.25, 0.3) is 5.91 Å². The van der Waals surface area contributed by atoms with E-state index in [0.29, 0.717) is 19.6 Å². The highest BCUT2D eigenvalue weighted by Gasteiger charge is 2.17. The Bertz CT molecular complexity index is 733. The predicted octanol–water partition coefficient (Wildman–Crippen LogP) is 3.26. The van der Waals surface area contributed by atoms with Crippen molar-refractivity contribution in [2.24, 2.45) is 0 Å². The van der Waals surface area contributed by atoms with E-state index in [1.165, 1.54) is 0 Å². The number of hydrogen-bond donors (Lipinski definition) is 0. The van der Waals surface area contributed by atoms with Crippen molar-refractivity contribution in [2.75, 3.05) is 13.1 Å². The van der Waals surface area contributed by atoms with Crippen molar-refractivity contribution < 1.29 is 4.79 Å². The number of amides is 1. The summed E-state index contributed by atoms with van der Waals surface area (Å²) >= 11 is 1.62. The molecule has 0 aliphatic heterocycles. The number of likely N-dealkylation sites (N-methyl/N-ethyl adjacent to an activating group) is 1. The Kier molecular flexibility index (Phi) is 4.01. The van der Waals surface area contributed by atoms with Crippen LogP contribution in [0.3, 0.4) is 0 Å². The molecular weight excluding hydrogens is 282 g/mol. The molecule has 3 rings (SSSR count). The summed E-state index contributed by atoms with van der Waals surface area (Å²) in [5.74, 6) is 0.0992. The van der Waals surface area contributed by atoms with Crippen LogP contribution in [0.5, 0.6) is 0 Å². The van der Waals surface area contributed by atoms with Crippen LogP contribution in [0, 0.1) is 0 Å². The molecule has 0 radical (unpaired) electrons. The van der Waals surface area contributed by atoms with E-state index < -0.39 is 0 Å². The Morgan fingerprint density at radius 2 is 2.19 bits per heavy atom. The van der Waals surface area contributed by atoms with Gasteiger partial charge in [0, 0.05) is 40.9 Å². The van der Waals surface area contributed by atoms with Crippen LogP contribution in [-0.2, 0) is 6.54 Å². The second-order valence-electron chi connectivity index (χ2n) is 4.80. The second-order valence-corrected chi connectivity index (χ2v) is 5.71. The molecule has 4 nitrogen and oxygen atoms in total. The number of hydrogen-bond acceptors (Lipinski definition) is 3. The van der Waals surface area contributed by atoms with Crippen LogP contribution in [0.1, 0.15) is 17.3 Å². The maximum absolute atomic E-state index is 12.7. The minimum absolute atomic E-state index is 0.0992. The maximum atomic E-state index is 12.7. The zero-order valence-corrected chi connectivity index (χ0v) is 12.7. The standard InChI is InChI=1S/C16H17N3OS/c1-2-18(10-11-19-9-5-8-17-19)16(20)14-12-21-15-7-4-3-6-13(14)15/h3-9,12H,2,10-11H2,1H3. The first-order valence-electron chi connectivity index (χ1n) is 7.02. The lowest BCUT2D eigenvalue weighted by Crippen LogP contribution is -2.33. The number of carbonyl (C=O) groups is 1. The Morgan fingerprint density at radius 1 is 1.33 bits per heavy atom. The van der Waals surface area contributed by atoms with Gasteiger partial charge in [0.05, 0.1) is 12.1 Å². The highest BCUT2D eigenvalue weighted by molar-refractivity contribution is 7.17. The van der Waals surface area contributed by atoms with Crippen LogP contribution < -0.4 is 0 Å². The van der Waals surface area contributed by atoms with Crippen LogP contribution in [0.4, 0.5) is 0 Å². The van der Waals surface area contributed by atoms with Crippen molar-refractivity contribution in [2.45, 2.75) is 13.5 Å². The third kappa shape index (κ3) is 2.83. The van der Waals surface area contributed by atoms with E-state index >= 15 is 0 Å². The van der Waals surface area contributed by atoms with Crippen LogP contribution in [0.15, 0.2) is 48.1 Å². The average molecular weight is 299 g/mol. The third-order valence-corrected chi connectivity index (χ3v) is 4.50. The summed E-state index contributed by atoms with van der Waals surface area (Å²) in [6, 6.07) is 9.94. The topological polar surface area (TPSA) is 38.1 Å². The molecule has 0 spiro atoms. The van der Waals surface area contributed by atoms with Crippen molar-refractivity contribution >= 4 is 27.3 Å². The van der Waals surface area contributed by atoms with Gasteiger partial charge in [-0.05, 0) is 19.1 Å². The van der Waals surface area contributed by atoms with Gasteiger partial charge in [0.2, 0.25) is 0 Å². The van der Waals surface area contributed by atoms with Crippen molar-refractivity contribution in [3.8, 4) is 0 Å². The van der Waals surface area contributed by atoms with Gasteiger partial charge in [0.1, 0.15) is 0 Å². The third-order valence-electron chi connectivity index (χ3n) is 3.54. The molecule has 3 aromatic rings. The van der Waals surface area contributed by atoms with E-state index in [2.05, 4.69) is 11.2 Å². The number of aromatic nitrogens is 2. The van der Waals surface area contributed by atoms with Gasteiger partial charge in [-0.15, -0.1) is 11.3 Å². The quantitative estimate of drug-likeness (QED) is 0.725. The van der Waals surface area contributed by atoms with Gasteiger partial charge < -0.3 is 4.90 Å². The molecule has 0 saturated carbocycles. The van der Waals surface area contributed by atoms with E-state index in [-0.39, 0.29) is 5.91 Å². The highest BCUT2D eigenvalue weighted by atomic mass is 32.1. The molecule has 0 aliphatic rings. The molecule has 0 aliphatic carbocycles. The van der Waals surface area contributed by atoms with Gasteiger partial charge in [-0.25, -0.2) is 0 Å². The summed E-state index contributed by atoms with van der Waals surface area (Å²) in [5.41, 5.74) is 0.804. The van der Waals surface area contributed by atoms with Crippen LogP contribution in [0.25, 0.3) is 10.1 Å². The highest BCUT2D eigenvalue weighted by Crippen LogP contribution is 2.26. The first-order chi connectivity index (χ1) is 10.3. The smallest absolute Gasteiger partial charge is 0.255 e. The molecule has 0 fully saturated rings. The molecule has 1 aromatic carbocycles. The molecule has 0 atom stereocenters.